The molecule has 1 fully saturated rings. The molecule has 0 unspecified atom stereocenters. The lowest BCUT2D eigenvalue weighted by molar-refractivity contribution is -0.132. The van der Waals surface area contributed by atoms with Gasteiger partial charge in [0.05, 0.1) is 6.04 Å². The minimum absolute atomic E-state index is 0.0259. The second-order valence-corrected chi connectivity index (χ2v) is 7.45. The summed E-state index contributed by atoms with van der Waals surface area (Å²) in [6.07, 6.45) is 8.32. The topological polar surface area (TPSA) is 66.3 Å². The third-order valence-electron chi connectivity index (χ3n) is 5.72. The molecule has 0 aliphatic carbocycles. The molecular weight excluding hydrogens is 350 g/mol. The SMILES string of the molecule is O=C(CCCc1c[nH]c2ccccc12)N1CCC[C@@H]1c1nnc2ccccn12. The number of rotatable bonds is 5. The van der Waals surface area contributed by atoms with Crippen LogP contribution < -0.4 is 0 Å². The number of aromatic nitrogens is 4. The molecule has 1 N–H and O–H groups in total. The van der Waals surface area contributed by atoms with Crippen molar-refractivity contribution in [2.75, 3.05) is 6.54 Å². The summed E-state index contributed by atoms with van der Waals surface area (Å²) in [5.41, 5.74) is 3.27. The summed E-state index contributed by atoms with van der Waals surface area (Å²) >= 11 is 0. The van der Waals surface area contributed by atoms with E-state index in [9.17, 15) is 4.79 Å². The van der Waals surface area contributed by atoms with Crippen molar-refractivity contribution in [3.63, 3.8) is 0 Å². The number of likely N-dealkylation sites (tertiary alicyclic amines) is 1. The molecule has 1 amide bonds. The Morgan fingerprint density at radius 2 is 2.04 bits per heavy atom. The molecule has 0 bridgehead atoms. The summed E-state index contributed by atoms with van der Waals surface area (Å²) < 4.78 is 2.00. The maximum Gasteiger partial charge on any atom is 0.223 e. The molecule has 1 aliphatic heterocycles. The van der Waals surface area contributed by atoms with E-state index in [-0.39, 0.29) is 11.9 Å². The number of nitrogens with one attached hydrogen (secondary N) is 1. The van der Waals surface area contributed by atoms with E-state index >= 15 is 0 Å². The van der Waals surface area contributed by atoms with Gasteiger partial charge in [0, 0.05) is 36.3 Å². The monoisotopic (exact) mass is 373 g/mol. The van der Waals surface area contributed by atoms with E-state index in [0.717, 1.165) is 49.2 Å². The van der Waals surface area contributed by atoms with Crippen LogP contribution in [-0.2, 0) is 11.2 Å². The maximum atomic E-state index is 12.9. The Morgan fingerprint density at radius 1 is 1.14 bits per heavy atom. The third kappa shape index (κ3) is 2.95. The van der Waals surface area contributed by atoms with Crippen molar-refractivity contribution in [3.8, 4) is 0 Å². The molecule has 1 atom stereocenters. The van der Waals surface area contributed by atoms with Crippen molar-refractivity contribution < 1.29 is 4.79 Å². The number of carbonyl (C=O) groups is 1. The largest absolute Gasteiger partial charge is 0.361 e. The van der Waals surface area contributed by atoms with Gasteiger partial charge >= 0.3 is 0 Å². The summed E-state index contributed by atoms with van der Waals surface area (Å²) in [6.45, 7) is 0.804. The van der Waals surface area contributed by atoms with Crippen LogP contribution in [-0.4, -0.2) is 36.9 Å². The number of hydrogen-bond donors (Lipinski definition) is 1. The third-order valence-corrected chi connectivity index (χ3v) is 5.72. The number of H-pyrrole nitrogens is 1. The van der Waals surface area contributed by atoms with Gasteiger partial charge in [-0.2, -0.15) is 0 Å². The molecule has 0 saturated carbocycles. The van der Waals surface area contributed by atoms with Crippen LogP contribution in [0.5, 0.6) is 0 Å². The van der Waals surface area contributed by atoms with Crippen LogP contribution in [0.4, 0.5) is 0 Å². The second kappa shape index (κ2) is 7.11. The van der Waals surface area contributed by atoms with Gasteiger partial charge in [-0.1, -0.05) is 24.3 Å². The predicted molar refractivity (Wildman–Crippen MR) is 108 cm³/mol. The molecule has 6 heteroatoms. The quantitative estimate of drug-likeness (QED) is 0.577. The molecule has 1 saturated heterocycles. The highest BCUT2D eigenvalue weighted by atomic mass is 16.2. The molecular formula is C22H23N5O. The first-order chi connectivity index (χ1) is 13.8. The second-order valence-electron chi connectivity index (χ2n) is 7.45. The van der Waals surface area contributed by atoms with Gasteiger partial charge in [0.1, 0.15) is 0 Å². The van der Waals surface area contributed by atoms with E-state index in [4.69, 9.17) is 0 Å². The number of carbonyl (C=O) groups excluding carboxylic acids is 1. The number of hydrogen-bond acceptors (Lipinski definition) is 3. The minimum atomic E-state index is 0.0259. The summed E-state index contributed by atoms with van der Waals surface area (Å²) in [5, 5.41) is 9.89. The molecule has 4 aromatic rings. The molecule has 142 valence electrons. The van der Waals surface area contributed by atoms with Crippen LogP contribution in [0.15, 0.2) is 54.9 Å². The molecule has 0 spiro atoms. The van der Waals surface area contributed by atoms with E-state index in [1.807, 2.05) is 39.8 Å². The molecule has 1 aliphatic rings. The molecule has 4 heterocycles. The van der Waals surface area contributed by atoms with E-state index in [0.29, 0.717) is 6.42 Å². The Morgan fingerprint density at radius 3 is 3.00 bits per heavy atom. The molecule has 3 aromatic heterocycles. The Labute approximate surface area is 163 Å². The molecule has 28 heavy (non-hydrogen) atoms. The van der Waals surface area contributed by atoms with Crippen LogP contribution in [0, 0.1) is 0 Å². The van der Waals surface area contributed by atoms with Crippen molar-refractivity contribution in [3.05, 3.63) is 66.2 Å². The van der Waals surface area contributed by atoms with Gasteiger partial charge in [-0.25, -0.2) is 0 Å². The first-order valence-electron chi connectivity index (χ1n) is 9.95. The van der Waals surface area contributed by atoms with Crippen LogP contribution >= 0.6 is 0 Å². The number of nitrogens with zero attached hydrogens (tertiary/aromatic N) is 4. The van der Waals surface area contributed by atoms with Gasteiger partial charge in [0.2, 0.25) is 5.91 Å². The highest BCUT2D eigenvalue weighted by Gasteiger charge is 2.32. The predicted octanol–water partition coefficient (Wildman–Crippen LogP) is 3.90. The average molecular weight is 373 g/mol. The Bertz CT molecular complexity index is 1130. The number of pyridine rings is 1. The zero-order valence-corrected chi connectivity index (χ0v) is 15.7. The number of amides is 1. The van der Waals surface area contributed by atoms with Crippen molar-refractivity contribution in [1.29, 1.82) is 0 Å². The smallest absolute Gasteiger partial charge is 0.223 e. The van der Waals surface area contributed by atoms with Crippen LogP contribution in [0.1, 0.15) is 43.1 Å². The van der Waals surface area contributed by atoms with Crippen LogP contribution in [0.2, 0.25) is 0 Å². The van der Waals surface area contributed by atoms with E-state index in [1.54, 1.807) is 0 Å². The summed E-state index contributed by atoms with van der Waals surface area (Å²) in [7, 11) is 0. The highest BCUT2D eigenvalue weighted by molar-refractivity contribution is 5.83. The van der Waals surface area contributed by atoms with Gasteiger partial charge in [-0.05, 0) is 49.4 Å². The van der Waals surface area contributed by atoms with Crippen LogP contribution in [0.25, 0.3) is 16.6 Å². The zero-order chi connectivity index (χ0) is 18.9. The van der Waals surface area contributed by atoms with Crippen molar-refractivity contribution >= 4 is 22.5 Å². The van der Waals surface area contributed by atoms with Gasteiger partial charge in [-0.15, -0.1) is 10.2 Å². The van der Waals surface area contributed by atoms with E-state index in [1.165, 1.54) is 10.9 Å². The van der Waals surface area contributed by atoms with Crippen molar-refractivity contribution in [2.45, 2.75) is 38.1 Å². The number of benzene rings is 1. The number of para-hydroxylation sites is 1. The number of aromatic amines is 1. The van der Waals surface area contributed by atoms with Gasteiger partial charge < -0.3 is 9.88 Å². The molecule has 0 radical (unpaired) electrons. The zero-order valence-electron chi connectivity index (χ0n) is 15.7. The molecule has 1 aromatic carbocycles. The standard InChI is InChI=1S/C22H23N5O/c28-21(12-5-7-16-15-23-18-9-2-1-8-17(16)18)26-14-6-10-19(26)22-25-24-20-11-3-4-13-27(20)22/h1-4,8-9,11,13,15,19,23H,5-7,10,12,14H2/t19-/m1/s1. The number of aryl methyl sites for hydroxylation is 1. The summed E-state index contributed by atoms with van der Waals surface area (Å²) in [5.74, 6) is 1.09. The van der Waals surface area contributed by atoms with Crippen molar-refractivity contribution in [1.82, 2.24) is 24.5 Å². The highest BCUT2D eigenvalue weighted by Crippen LogP contribution is 2.32. The Hall–Kier alpha value is -3.15. The van der Waals surface area contributed by atoms with Crippen LogP contribution in [0.3, 0.4) is 0 Å². The fourth-order valence-electron chi connectivity index (χ4n) is 4.33. The van der Waals surface area contributed by atoms with Crippen molar-refractivity contribution in [2.24, 2.45) is 0 Å². The molecule has 6 nitrogen and oxygen atoms in total. The fraction of sp³-hybridized carbons (Fsp3) is 0.318. The first kappa shape index (κ1) is 17.0. The Balaban J connectivity index is 1.27. The summed E-state index contributed by atoms with van der Waals surface area (Å²) in [4.78, 5) is 18.2. The fourth-order valence-corrected chi connectivity index (χ4v) is 4.33. The lowest BCUT2D eigenvalue weighted by Crippen LogP contribution is -2.31. The first-order valence-corrected chi connectivity index (χ1v) is 9.95. The number of fused-ring (bicyclic) bond motifs is 2. The molecule has 5 rings (SSSR count). The van der Waals surface area contributed by atoms with Gasteiger partial charge in [-0.3, -0.25) is 9.20 Å². The normalized spacial score (nSPS) is 17.0. The van der Waals surface area contributed by atoms with E-state index < -0.39 is 0 Å². The van der Waals surface area contributed by atoms with Gasteiger partial charge in [0.25, 0.3) is 0 Å². The average Bonchev–Trinajstić information content (AvgIpc) is 3.45. The van der Waals surface area contributed by atoms with E-state index in [2.05, 4.69) is 39.6 Å². The minimum Gasteiger partial charge on any atom is -0.361 e. The maximum absolute atomic E-state index is 12.9. The summed E-state index contributed by atoms with van der Waals surface area (Å²) in [6, 6.07) is 14.2. The lowest BCUT2D eigenvalue weighted by atomic mass is 10.1. The lowest BCUT2D eigenvalue weighted by Gasteiger charge is -2.23. The Kier molecular flexibility index (Phi) is 4.31. The van der Waals surface area contributed by atoms with Gasteiger partial charge in [0.15, 0.2) is 11.5 Å².